The van der Waals surface area contributed by atoms with Crippen molar-refractivity contribution in [3.05, 3.63) is 71.8 Å². The zero-order valence-corrected chi connectivity index (χ0v) is 12.0. The first-order valence-corrected chi connectivity index (χ1v) is 6.82. The fourth-order valence-corrected chi connectivity index (χ4v) is 1.96. The number of nitrogens with one attached hydrogen (secondary N) is 1. The fraction of sp³-hybridized carbons (Fsp3) is 0.235. The number of benzene rings is 2. The molecule has 0 aliphatic carbocycles. The zero-order chi connectivity index (χ0) is 14.9. The van der Waals surface area contributed by atoms with Crippen LogP contribution >= 0.6 is 0 Å². The maximum Gasteiger partial charge on any atom is 0.407 e. The van der Waals surface area contributed by atoms with Gasteiger partial charge in [0.2, 0.25) is 0 Å². The Labute approximate surface area is 124 Å². The summed E-state index contributed by atoms with van der Waals surface area (Å²) >= 11 is 0. The molecule has 2 rings (SSSR count). The summed E-state index contributed by atoms with van der Waals surface area (Å²) in [5, 5.41) is 2.72. The van der Waals surface area contributed by atoms with Crippen molar-refractivity contribution in [2.24, 2.45) is 0 Å². The lowest BCUT2D eigenvalue weighted by molar-refractivity contribution is 0.0932. The highest BCUT2D eigenvalue weighted by Crippen LogP contribution is 2.14. The number of methoxy groups -OCH3 is 1. The lowest BCUT2D eigenvalue weighted by Crippen LogP contribution is -2.29. The minimum absolute atomic E-state index is 0.185. The van der Waals surface area contributed by atoms with Gasteiger partial charge in [0, 0.05) is 7.11 Å². The normalized spacial score (nSPS) is 11.7. The van der Waals surface area contributed by atoms with Crippen LogP contribution in [0.5, 0.6) is 0 Å². The van der Waals surface area contributed by atoms with Crippen LogP contribution in [0.4, 0.5) is 4.79 Å². The summed E-state index contributed by atoms with van der Waals surface area (Å²) in [6, 6.07) is 19.3. The van der Waals surface area contributed by atoms with Crippen molar-refractivity contribution in [2.45, 2.75) is 12.7 Å². The average molecular weight is 285 g/mol. The van der Waals surface area contributed by atoms with Crippen LogP contribution in [-0.4, -0.2) is 19.7 Å². The van der Waals surface area contributed by atoms with E-state index in [2.05, 4.69) is 5.32 Å². The quantitative estimate of drug-likeness (QED) is 0.886. The molecule has 2 aromatic carbocycles. The number of hydrogen-bond donors (Lipinski definition) is 1. The van der Waals surface area contributed by atoms with Crippen molar-refractivity contribution in [3.63, 3.8) is 0 Å². The van der Waals surface area contributed by atoms with Crippen LogP contribution in [0.15, 0.2) is 60.7 Å². The molecule has 0 heterocycles. The Kier molecular flexibility index (Phi) is 5.79. The van der Waals surface area contributed by atoms with Crippen molar-refractivity contribution in [3.8, 4) is 0 Å². The molecule has 2 aromatic rings. The molecular formula is C17H19NO3. The molecule has 0 radical (unpaired) electrons. The van der Waals surface area contributed by atoms with E-state index < -0.39 is 6.09 Å². The van der Waals surface area contributed by atoms with E-state index in [1.807, 2.05) is 60.7 Å². The van der Waals surface area contributed by atoms with Crippen molar-refractivity contribution in [1.29, 1.82) is 0 Å². The first-order valence-electron chi connectivity index (χ1n) is 6.82. The molecule has 1 N–H and O–H groups in total. The van der Waals surface area contributed by atoms with Gasteiger partial charge in [-0.05, 0) is 11.1 Å². The number of amides is 1. The smallest absolute Gasteiger partial charge is 0.407 e. The van der Waals surface area contributed by atoms with Crippen molar-refractivity contribution < 1.29 is 14.3 Å². The molecule has 4 heteroatoms. The Bertz CT molecular complexity index is 542. The summed E-state index contributed by atoms with van der Waals surface area (Å²) in [6.07, 6.45) is -0.632. The third-order valence-corrected chi connectivity index (χ3v) is 3.10. The van der Waals surface area contributed by atoms with Gasteiger partial charge in [-0.3, -0.25) is 0 Å². The van der Waals surface area contributed by atoms with E-state index in [1.54, 1.807) is 7.11 Å². The van der Waals surface area contributed by atoms with Crippen LogP contribution in [0.2, 0.25) is 0 Å². The number of rotatable bonds is 6. The van der Waals surface area contributed by atoms with Crippen LogP contribution in [0.3, 0.4) is 0 Å². The van der Waals surface area contributed by atoms with E-state index >= 15 is 0 Å². The lowest BCUT2D eigenvalue weighted by atomic mass is 10.1. The molecule has 0 saturated carbocycles. The predicted molar refractivity (Wildman–Crippen MR) is 80.8 cm³/mol. The molecule has 0 unspecified atom stereocenters. The maximum absolute atomic E-state index is 11.7. The molecule has 1 atom stereocenters. The average Bonchev–Trinajstić information content (AvgIpc) is 2.55. The number of carbonyl (C=O) groups is 1. The molecular weight excluding hydrogens is 266 g/mol. The van der Waals surface area contributed by atoms with Gasteiger partial charge in [-0.25, -0.2) is 4.79 Å². The Morgan fingerprint density at radius 1 is 1.05 bits per heavy atom. The number of ether oxygens (including phenoxy) is 2. The van der Waals surface area contributed by atoms with E-state index in [9.17, 15) is 4.79 Å². The first kappa shape index (κ1) is 15.1. The van der Waals surface area contributed by atoms with E-state index in [0.717, 1.165) is 11.1 Å². The first-order chi connectivity index (χ1) is 10.3. The molecule has 1 amide bonds. The molecule has 0 aliphatic rings. The molecule has 110 valence electrons. The number of hydrogen-bond acceptors (Lipinski definition) is 3. The highest BCUT2D eigenvalue weighted by atomic mass is 16.5. The molecule has 0 bridgehead atoms. The largest absolute Gasteiger partial charge is 0.445 e. The Morgan fingerprint density at radius 2 is 1.67 bits per heavy atom. The molecule has 0 saturated heterocycles. The second kappa shape index (κ2) is 8.07. The van der Waals surface area contributed by atoms with Gasteiger partial charge in [0.1, 0.15) is 6.61 Å². The van der Waals surface area contributed by atoms with Crippen LogP contribution < -0.4 is 5.32 Å². The van der Waals surface area contributed by atoms with Crippen molar-refractivity contribution in [2.75, 3.05) is 13.7 Å². The van der Waals surface area contributed by atoms with Gasteiger partial charge >= 0.3 is 6.09 Å². The van der Waals surface area contributed by atoms with Gasteiger partial charge in [-0.2, -0.15) is 0 Å². The van der Waals surface area contributed by atoms with Gasteiger partial charge in [0.15, 0.2) is 0 Å². The number of alkyl carbamates (subject to hydrolysis) is 1. The van der Waals surface area contributed by atoms with Gasteiger partial charge in [-0.15, -0.1) is 0 Å². The molecule has 0 aliphatic heterocycles. The van der Waals surface area contributed by atoms with E-state index in [0.29, 0.717) is 6.54 Å². The van der Waals surface area contributed by atoms with Crippen LogP contribution in [0.1, 0.15) is 17.2 Å². The summed E-state index contributed by atoms with van der Waals surface area (Å²) in [5.74, 6) is 0. The summed E-state index contributed by atoms with van der Waals surface area (Å²) in [7, 11) is 1.62. The summed E-state index contributed by atoms with van der Waals surface area (Å²) in [4.78, 5) is 11.7. The van der Waals surface area contributed by atoms with Crippen LogP contribution in [0.25, 0.3) is 0 Å². The Morgan fingerprint density at radius 3 is 2.29 bits per heavy atom. The fourth-order valence-electron chi connectivity index (χ4n) is 1.96. The predicted octanol–water partition coefficient (Wildman–Crippen LogP) is 3.30. The zero-order valence-electron chi connectivity index (χ0n) is 12.0. The molecule has 0 spiro atoms. The van der Waals surface area contributed by atoms with E-state index in [4.69, 9.17) is 9.47 Å². The van der Waals surface area contributed by atoms with Crippen LogP contribution in [0, 0.1) is 0 Å². The Hall–Kier alpha value is -2.33. The minimum atomic E-state index is -0.447. The maximum atomic E-state index is 11.7. The standard InChI is InChI=1S/C17H19NO3/c1-20-16(15-10-6-3-7-11-15)12-18-17(19)21-13-14-8-4-2-5-9-14/h2-11,16H,12-13H2,1H3,(H,18,19)/t16-/m1/s1. The molecule has 0 aromatic heterocycles. The van der Waals surface area contributed by atoms with E-state index in [1.165, 1.54) is 0 Å². The second-order valence-electron chi connectivity index (χ2n) is 4.58. The van der Waals surface area contributed by atoms with Crippen molar-refractivity contribution >= 4 is 6.09 Å². The third kappa shape index (κ3) is 4.93. The monoisotopic (exact) mass is 285 g/mol. The highest BCUT2D eigenvalue weighted by molar-refractivity contribution is 5.67. The third-order valence-electron chi connectivity index (χ3n) is 3.10. The second-order valence-corrected chi connectivity index (χ2v) is 4.58. The van der Waals surface area contributed by atoms with Gasteiger partial charge in [0.05, 0.1) is 12.6 Å². The number of carbonyl (C=O) groups excluding carboxylic acids is 1. The van der Waals surface area contributed by atoms with Gasteiger partial charge < -0.3 is 14.8 Å². The topological polar surface area (TPSA) is 47.6 Å². The summed E-state index contributed by atoms with van der Waals surface area (Å²) in [5.41, 5.74) is 1.97. The molecule has 21 heavy (non-hydrogen) atoms. The molecule has 0 fully saturated rings. The minimum Gasteiger partial charge on any atom is -0.445 e. The van der Waals surface area contributed by atoms with Gasteiger partial charge in [-0.1, -0.05) is 60.7 Å². The highest BCUT2D eigenvalue weighted by Gasteiger charge is 2.12. The summed E-state index contributed by atoms with van der Waals surface area (Å²) < 4.78 is 10.5. The molecule has 4 nitrogen and oxygen atoms in total. The van der Waals surface area contributed by atoms with E-state index in [-0.39, 0.29) is 12.7 Å². The summed E-state index contributed by atoms with van der Waals surface area (Å²) in [6.45, 7) is 0.629. The lowest BCUT2D eigenvalue weighted by Gasteiger charge is -2.16. The van der Waals surface area contributed by atoms with Crippen LogP contribution in [-0.2, 0) is 16.1 Å². The van der Waals surface area contributed by atoms with Crippen molar-refractivity contribution in [1.82, 2.24) is 5.32 Å². The SMILES string of the molecule is CO[C@H](CNC(=O)OCc1ccccc1)c1ccccc1. The Balaban J connectivity index is 1.77. The van der Waals surface area contributed by atoms with Gasteiger partial charge in [0.25, 0.3) is 0 Å².